The molecule has 0 saturated carbocycles. The van der Waals surface area contributed by atoms with Crippen molar-refractivity contribution in [2.75, 3.05) is 20.8 Å². The van der Waals surface area contributed by atoms with Gasteiger partial charge >= 0.3 is 5.97 Å². The number of carbonyl (C=O) groups excluding carboxylic acids is 2. The molecule has 1 amide bonds. The SMILES string of the molecule is CCCO[C@@H]1[C@@H](Cc2ccc(OC)cc2)CCC[C@H](NC(=O)c2nccc(OC)c2O)C(=O)O[C@H]1C. The average Bonchev–Trinajstić information content (AvgIpc) is 2.92. The van der Waals surface area contributed by atoms with E-state index in [0.29, 0.717) is 19.4 Å². The van der Waals surface area contributed by atoms with Crippen LogP contribution < -0.4 is 14.8 Å². The van der Waals surface area contributed by atoms with Gasteiger partial charge in [-0.2, -0.15) is 0 Å². The molecule has 3 rings (SSSR count). The molecule has 0 spiro atoms. The normalized spacial score (nSPS) is 22.5. The van der Waals surface area contributed by atoms with Crippen molar-refractivity contribution in [1.82, 2.24) is 10.3 Å². The molecule has 4 atom stereocenters. The van der Waals surface area contributed by atoms with Crippen molar-refractivity contribution < 1.29 is 33.6 Å². The van der Waals surface area contributed by atoms with Gasteiger partial charge in [-0.1, -0.05) is 25.5 Å². The number of aromatic nitrogens is 1. The van der Waals surface area contributed by atoms with Crippen molar-refractivity contribution in [2.45, 2.75) is 64.2 Å². The Morgan fingerprint density at radius 2 is 1.92 bits per heavy atom. The van der Waals surface area contributed by atoms with E-state index in [0.717, 1.165) is 30.6 Å². The van der Waals surface area contributed by atoms with Crippen LogP contribution in [0.25, 0.3) is 0 Å². The maximum absolute atomic E-state index is 13.0. The number of methoxy groups -OCH3 is 2. The van der Waals surface area contributed by atoms with Crippen molar-refractivity contribution in [3.63, 3.8) is 0 Å². The van der Waals surface area contributed by atoms with Crippen LogP contribution in [-0.4, -0.2) is 61.0 Å². The zero-order chi connectivity index (χ0) is 26.1. The van der Waals surface area contributed by atoms with Gasteiger partial charge in [-0.3, -0.25) is 4.79 Å². The van der Waals surface area contributed by atoms with Gasteiger partial charge in [0.25, 0.3) is 5.91 Å². The number of esters is 1. The fraction of sp³-hybridized carbons (Fsp3) is 0.519. The summed E-state index contributed by atoms with van der Waals surface area (Å²) in [5.74, 6) is -0.550. The highest BCUT2D eigenvalue weighted by atomic mass is 16.6. The van der Waals surface area contributed by atoms with Gasteiger partial charge in [0.05, 0.1) is 20.3 Å². The van der Waals surface area contributed by atoms with Crippen LogP contribution in [0.5, 0.6) is 17.2 Å². The van der Waals surface area contributed by atoms with E-state index in [2.05, 4.69) is 10.3 Å². The molecule has 1 fully saturated rings. The summed E-state index contributed by atoms with van der Waals surface area (Å²) in [5.41, 5.74) is 0.935. The third-order valence-corrected chi connectivity index (χ3v) is 6.38. The van der Waals surface area contributed by atoms with Crippen LogP contribution in [-0.2, 0) is 20.7 Å². The van der Waals surface area contributed by atoms with Gasteiger partial charge in [-0.05, 0) is 56.2 Å². The summed E-state index contributed by atoms with van der Waals surface area (Å²) in [6.07, 6.45) is 4.04. The Balaban J connectivity index is 1.77. The molecule has 0 bridgehead atoms. The molecule has 0 aliphatic carbocycles. The van der Waals surface area contributed by atoms with Crippen LogP contribution in [0.15, 0.2) is 36.5 Å². The lowest BCUT2D eigenvalue weighted by atomic mass is 9.86. The number of nitrogens with zero attached hydrogens (tertiary/aromatic N) is 1. The number of nitrogens with one attached hydrogen (secondary N) is 1. The predicted octanol–water partition coefficient (Wildman–Crippen LogP) is 3.67. The Labute approximate surface area is 212 Å². The van der Waals surface area contributed by atoms with Crippen LogP contribution >= 0.6 is 0 Å². The minimum Gasteiger partial charge on any atom is -0.503 e. The number of benzene rings is 1. The molecule has 0 unspecified atom stereocenters. The van der Waals surface area contributed by atoms with E-state index in [1.54, 1.807) is 7.11 Å². The number of hydrogen-bond acceptors (Lipinski definition) is 8. The summed E-state index contributed by atoms with van der Waals surface area (Å²) in [6, 6.07) is 8.51. The zero-order valence-corrected chi connectivity index (χ0v) is 21.4. The van der Waals surface area contributed by atoms with Gasteiger partial charge in [0.15, 0.2) is 17.2 Å². The summed E-state index contributed by atoms with van der Waals surface area (Å²) < 4.78 is 22.3. The maximum atomic E-state index is 13.0. The third kappa shape index (κ3) is 6.87. The minimum absolute atomic E-state index is 0.117. The molecule has 1 aliphatic heterocycles. The number of pyridine rings is 1. The summed E-state index contributed by atoms with van der Waals surface area (Å²) in [4.78, 5) is 29.8. The molecular formula is C27H36N2O7. The number of carbonyl (C=O) groups is 2. The van der Waals surface area contributed by atoms with E-state index >= 15 is 0 Å². The first-order valence-corrected chi connectivity index (χ1v) is 12.4. The van der Waals surface area contributed by atoms with Gasteiger partial charge in [0.2, 0.25) is 0 Å². The first kappa shape index (κ1) is 27.3. The summed E-state index contributed by atoms with van der Waals surface area (Å²) >= 11 is 0. The molecule has 2 aromatic rings. The van der Waals surface area contributed by atoms with Crippen molar-refractivity contribution in [3.8, 4) is 17.2 Å². The first-order valence-electron chi connectivity index (χ1n) is 12.4. The highest BCUT2D eigenvalue weighted by Gasteiger charge is 2.35. The highest BCUT2D eigenvalue weighted by molar-refractivity contribution is 5.97. The summed E-state index contributed by atoms with van der Waals surface area (Å²) in [7, 11) is 3.02. The van der Waals surface area contributed by atoms with Gasteiger partial charge in [-0.15, -0.1) is 0 Å². The number of amides is 1. The van der Waals surface area contributed by atoms with Gasteiger partial charge in [0, 0.05) is 18.9 Å². The van der Waals surface area contributed by atoms with Crippen LogP contribution in [0, 0.1) is 5.92 Å². The number of aromatic hydroxyl groups is 1. The smallest absolute Gasteiger partial charge is 0.329 e. The number of hydrogen-bond donors (Lipinski definition) is 2. The van der Waals surface area contributed by atoms with Crippen molar-refractivity contribution in [3.05, 3.63) is 47.8 Å². The molecule has 1 aromatic heterocycles. The molecule has 36 heavy (non-hydrogen) atoms. The largest absolute Gasteiger partial charge is 0.503 e. The van der Waals surface area contributed by atoms with Crippen LogP contribution in [0.2, 0.25) is 0 Å². The third-order valence-electron chi connectivity index (χ3n) is 6.38. The number of ether oxygens (including phenoxy) is 4. The van der Waals surface area contributed by atoms with Gasteiger partial charge in [-0.25, -0.2) is 9.78 Å². The summed E-state index contributed by atoms with van der Waals surface area (Å²) in [5, 5.41) is 13.0. The van der Waals surface area contributed by atoms with E-state index in [-0.39, 0.29) is 29.2 Å². The molecule has 2 N–H and O–H groups in total. The molecule has 196 valence electrons. The van der Waals surface area contributed by atoms with E-state index in [1.807, 2.05) is 38.1 Å². The minimum atomic E-state index is -0.876. The molecule has 1 aromatic carbocycles. The van der Waals surface area contributed by atoms with E-state index in [1.165, 1.54) is 19.4 Å². The molecule has 1 aliphatic rings. The lowest BCUT2D eigenvalue weighted by Crippen LogP contribution is -2.44. The molecular weight excluding hydrogens is 464 g/mol. The Morgan fingerprint density at radius 3 is 2.58 bits per heavy atom. The zero-order valence-electron chi connectivity index (χ0n) is 21.4. The Bertz CT molecular complexity index is 1010. The lowest BCUT2D eigenvalue weighted by molar-refractivity contribution is -0.160. The van der Waals surface area contributed by atoms with Gasteiger partial charge < -0.3 is 29.4 Å². The van der Waals surface area contributed by atoms with Crippen LogP contribution in [0.3, 0.4) is 0 Å². The standard InChI is InChI=1S/C27H36N2O7/c1-5-15-35-25-17(2)36-27(32)21(29-26(31)23-24(30)22(34-4)13-14-28-23)8-6-7-19(25)16-18-9-11-20(33-3)12-10-18/h9-14,17,19,21,25,30H,5-8,15-16H2,1-4H3,(H,29,31)/t17-,19+,21-,25-/m0/s1. The second-order valence-electron chi connectivity index (χ2n) is 8.96. The maximum Gasteiger partial charge on any atom is 0.329 e. The summed E-state index contributed by atoms with van der Waals surface area (Å²) in [6.45, 7) is 4.43. The van der Waals surface area contributed by atoms with E-state index in [9.17, 15) is 14.7 Å². The monoisotopic (exact) mass is 500 g/mol. The molecule has 9 heteroatoms. The quantitative estimate of drug-likeness (QED) is 0.501. The van der Waals surface area contributed by atoms with Crippen molar-refractivity contribution in [2.24, 2.45) is 5.92 Å². The Kier molecular flexibility index (Phi) is 9.93. The predicted molar refractivity (Wildman–Crippen MR) is 133 cm³/mol. The Hall–Kier alpha value is -3.33. The van der Waals surface area contributed by atoms with Crippen LogP contribution in [0.4, 0.5) is 0 Å². The fourth-order valence-electron chi connectivity index (χ4n) is 4.51. The lowest BCUT2D eigenvalue weighted by Gasteiger charge is -2.31. The second kappa shape index (κ2) is 13.1. The van der Waals surface area contributed by atoms with Crippen LogP contribution in [0.1, 0.15) is 55.6 Å². The number of rotatable bonds is 9. The van der Waals surface area contributed by atoms with Gasteiger partial charge in [0.1, 0.15) is 17.9 Å². The second-order valence-corrected chi connectivity index (χ2v) is 8.96. The molecule has 0 radical (unpaired) electrons. The fourth-order valence-corrected chi connectivity index (χ4v) is 4.51. The van der Waals surface area contributed by atoms with E-state index in [4.69, 9.17) is 18.9 Å². The first-order chi connectivity index (χ1) is 17.4. The molecule has 9 nitrogen and oxygen atoms in total. The average molecular weight is 501 g/mol. The topological polar surface area (TPSA) is 116 Å². The van der Waals surface area contributed by atoms with E-state index < -0.39 is 24.0 Å². The highest BCUT2D eigenvalue weighted by Crippen LogP contribution is 2.30. The van der Waals surface area contributed by atoms with Crippen molar-refractivity contribution in [1.29, 1.82) is 0 Å². The molecule has 1 saturated heterocycles. The Morgan fingerprint density at radius 1 is 1.17 bits per heavy atom. The molecule has 2 heterocycles. The number of cyclic esters (lactones) is 1. The van der Waals surface area contributed by atoms with Crippen molar-refractivity contribution >= 4 is 11.9 Å².